The number of carbonyl (C=O) groups is 1. The third-order valence-electron chi connectivity index (χ3n) is 4.65. The molecule has 2 heterocycles. The van der Waals surface area contributed by atoms with Gasteiger partial charge in [0.25, 0.3) is 0 Å². The number of carbonyl (C=O) groups excluding carboxylic acids is 1. The van der Waals surface area contributed by atoms with Gasteiger partial charge < -0.3 is 5.32 Å². The number of anilines is 1. The summed E-state index contributed by atoms with van der Waals surface area (Å²) in [5, 5.41) is 2.67. The molecule has 2 aliphatic heterocycles. The minimum atomic E-state index is -0.385. The van der Waals surface area contributed by atoms with Gasteiger partial charge in [-0.1, -0.05) is 12.1 Å². The number of amides is 1. The Labute approximate surface area is 131 Å². The molecule has 2 saturated heterocycles. The molecule has 0 spiro atoms. The molecule has 22 heavy (non-hydrogen) atoms. The first-order valence-electron chi connectivity index (χ1n) is 8.23. The summed E-state index contributed by atoms with van der Waals surface area (Å²) in [5.41, 5.74) is 0.264. The lowest BCUT2D eigenvalue weighted by molar-refractivity contribution is -0.117. The molecule has 4 nitrogen and oxygen atoms in total. The Morgan fingerprint density at radius 1 is 1.18 bits per heavy atom. The largest absolute Gasteiger partial charge is 0.322 e. The van der Waals surface area contributed by atoms with E-state index in [1.807, 2.05) is 0 Å². The van der Waals surface area contributed by atoms with Gasteiger partial charge in [0, 0.05) is 12.6 Å². The van der Waals surface area contributed by atoms with Crippen molar-refractivity contribution in [3.63, 3.8) is 0 Å². The number of nitrogens with one attached hydrogen (secondary N) is 1. The van der Waals surface area contributed by atoms with Crippen LogP contribution in [0.2, 0.25) is 0 Å². The van der Waals surface area contributed by atoms with Crippen molar-refractivity contribution < 1.29 is 9.18 Å². The van der Waals surface area contributed by atoms with E-state index in [1.54, 1.807) is 18.2 Å². The smallest absolute Gasteiger partial charge is 0.238 e. The van der Waals surface area contributed by atoms with Crippen LogP contribution in [0.15, 0.2) is 24.3 Å². The van der Waals surface area contributed by atoms with Crippen molar-refractivity contribution in [1.82, 2.24) is 9.80 Å². The van der Waals surface area contributed by atoms with Crippen LogP contribution >= 0.6 is 0 Å². The Kier molecular flexibility index (Phi) is 5.05. The van der Waals surface area contributed by atoms with E-state index in [9.17, 15) is 9.18 Å². The monoisotopic (exact) mass is 305 g/mol. The first kappa shape index (κ1) is 15.4. The van der Waals surface area contributed by atoms with Gasteiger partial charge in [-0.15, -0.1) is 0 Å². The highest BCUT2D eigenvalue weighted by Gasteiger charge is 2.27. The van der Waals surface area contributed by atoms with E-state index in [4.69, 9.17) is 0 Å². The van der Waals surface area contributed by atoms with Crippen molar-refractivity contribution in [3.8, 4) is 0 Å². The Hall–Kier alpha value is -1.46. The third-order valence-corrected chi connectivity index (χ3v) is 4.65. The highest BCUT2D eigenvalue weighted by atomic mass is 19.1. The summed E-state index contributed by atoms with van der Waals surface area (Å²) in [7, 11) is 0. The number of hydrogen-bond acceptors (Lipinski definition) is 3. The van der Waals surface area contributed by atoms with E-state index in [-0.39, 0.29) is 17.4 Å². The van der Waals surface area contributed by atoms with Gasteiger partial charge in [0.2, 0.25) is 5.91 Å². The minimum absolute atomic E-state index is 0.132. The maximum atomic E-state index is 13.6. The molecule has 1 N–H and O–H groups in total. The van der Waals surface area contributed by atoms with Crippen molar-refractivity contribution in [1.29, 1.82) is 0 Å². The quantitative estimate of drug-likeness (QED) is 0.927. The van der Waals surface area contributed by atoms with Gasteiger partial charge in [-0.05, 0) is 57.5 Å². The average molecular weight is 305 g/mol. The van der Waals surface area contributed by atoms with Crippen molar-refractivity contribution in [2.75, 3.05) is 38.0 Å². The van der Waals surface area contributed by atoms with Crippen LogP contribution in [0.4, 0.5) is 10.1 Å². The molecule has 0 aromatic heterocycles. The van der Waals surface area contributed by atoms with Crippen LogP contribution in [-0.2, 0) is 4.79 Å². The Balaban J connectivity index is 1.51. The van der Waals surface area contributed by atoms with Gasteiger partial charge in [-0.2, -0.15) is 0 Å². The number of para-hydroxylation sites is 1. The number of halogens is 1. The van der Waals surface area contributed by atoms with E-state index in [0.29, 0.717) is 12.6 Å². The maximum Gasteiger partial charge on any atom is 0.238 e. The molecule has 1 atom stereocenters. The average Bonchev–Trinajstić information content (AvgIpc) is 3.04. The summed E-state index contributed by atoms with van der Waals surface area (Å²) < 4.78 is 13.6. The lowest BCUT2D eigenvalue weighted by Gasteiger charge is -2.37. The number of benzene rings is 1. The maximum absolute atomic E-state index is 13.6. The molecular weight excluding hydrogens is 281 g/mol. The molecule has 5 heteroatoms. The fourth-order valence-electron chi connectivity index (χ4n) is 3.53. The Bertz CT molecular complexity index is 516. The Morgan fingerprint density at radius 3 is 2.73 bits per heavy atom. The van der Waals surface area contributed by atoms with Gasteiger partial charge in [0.15, 0.2) is 0 Å². The van der Waals surface area contributed by atoms with Crippen LogP contribution < -0.4 is 5.32 Å². The second kappa shape index (κ2) is 7.20. The van der Waals surface area contributed by atoms with Crippen molar-refractivity contribution in [2.45, 2.75) is 31.7 Å². The van der Waals surface area contributed by atoms with Gasteiger partial charge in [0.1, 0.15) is 5.82 Å². The molecule has 0 saturated carbocycles. The summed E-state index contributed by atoms with van der Waals surface area (Å²) in [6.07, 6.45) is 4.95. The van der Waals surface area contributed by atoms with Gasteiger partial charge in [0.05, 0.1) is 12.2 Å². The summed E-state index contributed by atoms with van der Waals surface area (Å²) in [6.45, 7) is 4.64. The van der Waals surface area contributed by atoms with Gasteiger partial charge in [-0.3, -0.25) is 14.6 Å². The van der Waals surface area contributed by atoms with Crippen LogP contribution in [0.3, 0.4) is 0 Å². The molecule has 2 aliphatic rings. The zero-order chi connectivity index (χ0) is 15.4. The summed E-state index contributed by atoms with van der Waals surface area (Å²) >= 11 is 0. The normalized spacial score (nSPS) is 23.6. The van der Waals surface area contributed by atoms with E-state index < -0.39 is 0 Å². The minimum Gasteiger partial charge on any atom is -0.322 e. The van der Waals surface area contributed by atoms with Crippen molar-refractivity contribution >= 4 is 11.6 Å². The third kappa shape index (κ3) is 3.84. The number of piperidine rings is 1. The highest BCUT2D eigenvalue weighted by molar-refractivity contribution is 5.92. The van der Waals surface area contributed by atoms with E-state index in [1.165, 1.54) is 38.4 Å². The number of nitrogens with zero attached hydrogens (tertiary/aromatic N) is 2. The van der Waals surface area contributed by atoms with Crippen molar-refractivity contribution in [2.24, 2.45) is 0 Å². The molecule has 2 fully saturated rings. The SMILES string of the molecule is O=C(CN1CCCC(N2CCCC2)C1)Nc1ccccc1F. The molecule has 1 aromatic rings. The Morgan fingerprint density at radius 2 is 1.95 bits per heavy atom. The van der Waals surface area contributed by atoms with Crippen LogP contribution in [0, 0.1) is 5.82 Å². The van der Waals surface area contributed by atoms with Crippen LogP contribution in [-0.4, -0.2) is 54.5 Å². The molecule has 120 valence electrons. The van der Waals surface area contributed by atoms with Crippen LogP contribution in [0.5, 0.6) is 0 Å². The molecule has 1 aromatic carbocycles. The second-order valence-corrected chi connectivity index (χ2v) is 6.30. The van der Waals surface area contributed by atoms with E-state index >= 15 is 0 Å². The number of rotatable bonds is 4. The van der Waals surface area contributed by atoms with Gasteiger partial charge in [-0.25, -0.2) is 4.39 Å². The first-order chi connectivity index (χ1) is 10.7. The summed E-state index contributed by atoms with van der Waals surface area (Å²) in [4.78, 5) is 16.9. The molecule has 0 bridgehead atoms. The lowest BCUT2D eigenvalue weighted by atomic mass is 10.0. The molecule has 1 unspecified atom stereocenters. The number of hydrogen-bond donors (Lipinski definition) is 1. The second-order valence-electron chi connectivity index (χ2n) is 6.30. The predicted molar refractivity (Wildman–Crippen MR) is 85.3 cm³/mol. The summed E-state index contributed by atoms with van der Waals surface area (Å²) in [5.74, 6) is -0.517. The molecule has 1 amide bonds. The molecule has 0 aliphatic carbocycles. The lowest BCUT2D eigenvalue weighted by Crippen LogP contribution is -2.48. The zero-order valence-electron chi connectivity index (χ0n) is 12.9. The van der Waals surface area contributed by atoms with Crippen LogP contribution in [0.25, 0.3) is 0 Å². The topological polar surface area (TPSA) is 35.6 Å². The first-order valence-corrected chi connectivity index (χ1v) is 8.23. The fourth-order valence-corrected chi connectivity index (χ4v) is 3.53. The zero-order valence-corrected chi connectivity index (χ0v) is 12.9. The van der Waals surface area contributed by atoms with E-state index in [2.05, 4.69) is 15.1 Å². The highest BCUT2D eigenvalue weighted by Crippen LogP contribution is 2.20. The molecular formula is C17H24FN3O. The molecule has 3 rings (SSSR count). The van der Waals surface area contributed by atoms with Crippen LogP contribution in [0.1, 0.15) is 25.7 Å². The predicted octanol–water partition coefficient (Wildman–Crippen LogP) is 2.32. The summed E-state index contributed by atoms with van der Waals surface area (Å²) in [6, 6.07) is 6.88. The standard InChI is InChI=1S/C17H24FN3O/c18-15-7-1-2-8-16(15)19-17(22)13-20-9-5-6-14(12-20)21-10-3-4-11-21/h1-2,7-8,14H,3-6,9-13H2,(H,19,22). The fraction of sp³-hybridized carbons (Fsp3) is 0.588. The van der Waals surface area contributed by atoms with E-state index in [0.717, 1.165) is 19.5 Å². The molecule has 0 radical (unpaired) electrons. The van der Waals surface area contributed by atoms with Crippen molar-refractivity contribution in [3.05, 3.63) is 30.1 Å². The van der Waals surface area contributed by atoms with Gasteiger partial charge >= 0.3 is 0 Å². The number of likely N-dealkylation sites (tertiary alicyclic amines) is 2.